The molecule has 1 heterocycles. The maximum Gasteiger partial charge on any atom is 0.193 e. The maximum absolute atomic E-state index is 12.5. The zero-order chi connectivity index (χ0) is 14.1. The number of hydrogen-bond acceptors (Lipinski definition) is 2. The molecule has 0 unspecified atom stereocenters. The number of hydrogen-bond donors (Lipinski definition) is 0. The van der Waals surface area contributed by atoms with Gasteiger partial charge in [0.05, 0.1) is 11.6 Å². The average molecular weight is 352 g/mol. The number of fused-ring (bicyclic) bond motifs is 1. The first-order chi connectivity index (χ1) is 9.65. The Hall–Kier alpha value is -1.32. The van der Waals surface area contributed by atoms with Crippen LogP contribution in [0.5, 0.6) is 5.75 Å². The van der Waals surface area contributed by atoms with E-state index in [9.17, 15) is 4.79 Å². The fourth-order valence-corrected chi connectivity index (χ4v) is 2.73. The zero-order valence-corrected chi connectivity index (χ0v) is 13.0. The van der Waals surface area contributed by atoms with Gasteiger partial charge < -0.3 is 4.74 Å². The predicted molar refractivity (Wildman–Crippen MR) is 82.8 cm³/mol. The molecule has 0 atom stereocenters. The second kappa shape index (κ2) is 5.58. The topological polar surface area (TPSA) is 26.3 Å². The van der Waals surface area contributed by atoms with E-state index in [-0.39, 0.29) is 5.78 Å². The summed E-state index contributed by atoms with van der Waals surface area (Å²) in [6, 6.07) is 10.9. The number of carbonyl (C=O) groups excluding carboxylic acids is 1. The van der Waals surface area contributed by atoms with Crippen LogP contribution >= 0.6 is 27.5 Å². The standard InChI is InChI=1S/C16H12BrClO2/c17-13-5-3-12(9-14(13)18)16(19)11-4-6-15-10(8-11)2-1-7-20-15/h3-6,8-9H,1-2,7H2. The lowest BCUT2D eigenvalue weighted by Gasteiger charge is -2.17. The molecule has 1 aliphatic rings. The second-order valence-corrected chi connectivity index (χ2v) is 5.99. The van der Waals surface area contributed by atoms with Crippen LogP contribution in [0.15, 0.2) is 40.9 Å². The molecule has 0 saturated carbocycles. The number of ketones is 1. The van der Waals surface area contributed by atoms with E-state index in [1.54, 1.807) is 18.2 Å². The van der Waals surface area contributed by atoms with Crippen molar-refractivity contribution in [2.24, 2.45) is 0 Å². The minimum absolute atomic E-state index is 0.0206. The number of aryl methyl sites for hydroxylation is 1. The highest BCUT2D eigenvalue weighted by molar-refractivity contribution is 9.10. The number of rotatable bonds is 2. The van der Waals surface area contributed by atoms with Crippen LogP contribution in [0.1, 0.15) is 27.9 Å². The highest BCUT2D eigenvalue weighted by atomic mass is 79.9. The Bertz CT molecular complexity index is 682. The second-order valence-electron chi connectivity index (χ2n) is 4.73. The summed E-state index contributed by atoms with van der Waals surface area (Å²) in [6.07, 6.45) is 1.95. The Kier molecular flexibility index (Phi) is 3.81. The first kappa shape index (κ1) is 13.7. The van der Waals surface area contributed by atoms with Crippen LogP contribution < -0.4 is 4.74 Å². The summed E-state index contributed by atoms with van der Waals surface area (Å²) in [4.78, 5) is 12.5. The molecule has 20 heavy (non-hydrogen) atoms. The smallest absolute Gasteiger partial charge is 0.193 e. The summed E-state index contributed by atoms with van der Waals surface area (Å²) in [5, 5.41) is 0.539. The molecule has 2 aromatic carbocycles. The van der Waals surface area contributed by atoms with Crippen LogP contribution in [0.3, 0.4) is 0 Å². The lowest BCUT2D eigenvalue weighted by molar-refractivity contribution is 0.103. The van der Waals surface area contributed by atoms with Crippen LogP contribution in [0.4, 0.5) is 0 Å². The fraction of sp³-hybridized carbons (Fsp3) is 0.188. The third-order valence-electron chi connectivity index (χ3n) is 3.35. The first-order valence-electron chi connectivity index (χ1n) is 6.40. The van der Waals surface area contributed by atoms with E-state index < -0.39 is 0 Å². The summed E-state index contributed by atoms with van der Waals surface area (Å²) in [5.74, 6) is 0.870. The van der Waals surface area contributed by atoms with Crippen LogP contribution in [0.2, 0.25) is 5.02 Å². The van der Waals surface area contributed by atoms with E-state index in [1.807, 2.05) is 18.2 Å². The van der Waals surface area contributed by atoms with E-state index in [4.69, 9.17) is 16.3 Å². The van der Waals surface area contributed by atoms with E-state index in [0.717, 1.165) is 35.2 Å². The van der Waals surface area contributed by atoms with Gasteiger partial charge in [0.1, 0.15) is 5.75 Å². The molecule has 0 spiro atoms. The number of ether oxygens (including phenoxy) is 1. The van der Waals surface area contributed by atoms with Gasteiger partial charge in [-0.2, -0.15) is 0 Å². The van der Waals surface area contributed by atoms with Gasteiger partial charge in [0.25, 0.3) is 0 Å². The van der Waals surface area contributed by atoms with Crippen LogP contribution in [0.25, 0.3) is 0 Å². The third kappa shape index (κ3) is 2.60. The van der Waals surface area contributed by atoms with Crippen molar-refractivity contribution in [2.45, 2.75) is 12.8 Å². The van der Waals surface area contributed by atoms with Crippen molar-refractivity contribution in [1.29, 1.82) is 0 Å². The highest BCUT2D eigenvalue weighted by Gasteiger charge is 2.15. The summed E-state index contributed by atoms with van der Waals surface area (Å²) in [5.41, 5.74) is 2.37. The average Bonchev–Trinajstić information content (AvgIpc) is 2.49. The molecule has 102 valence electrons. The maximum atomic E-state index is 12.5. The molecular weight excluding hydrogens is 340 g/mol. The highest BCUT2D eigenvalue weighted by Crippen LogP contribution is 2.28. The Morgan fingerprint density at radius 1 is 1.15 bits per heavy atom. The van der Waals surface area contributed by atoms with Crippen molar-refractivity contribution < 1.29 is 9.53 Å². The van der Waals surface area contributed by atoms with Crippen molar-refractivity contribution >= 4 is 33.3 Å². The van der Waals surface area contributed by atoms with Gasteiger partial charge in [-0.3, -0.25) is 4.79 Å². The summed E-state index contributed by atoms with van der Waals surface area (Å²) in [6.45, 7) is 0.753. The molecule has 0 bridgehead atoms. The zero-order valence-electron chi connectivity index (χ0n) is 10.7. The van der Waals surface area contributed by atoms with Gasteiger partial charge in [-0.15, -0.1) is 0 Å². The Balaban J connectivity index is 1.95. The van der Waals surface area contributed by atoms with E-state index in [0.29, 0.717) is 16.1 Å². The van der Waals surface area contributed by atoms with E-state index >= 15 is 0 Å². The van der Waals surface area contributed by atoms with Crippen LogP contribution in [-0.2, 0) is 6.42 Å². The van der Waals surface area contributed by atoms with E-state index in [1.165, 1.54) is 0 Å². The van der Waals surface area contributed by atoms with Crippen molar-refractivity contribution in [3.8, 4) is 5.75 Å². The first-order valence-corrected chi connectivity index (χ1v) is 7.58. The number of carbonyl (C=O) groups is 1. The molecule has 0 saturated heterocycles. The van der Waals surface area contributed by atoms with E-state index in [2.05, 4.69) is 15.9 Å². The van der Waals surface area contributed by atoms with Gasteiger partial charge in [0.2, 0.25) is 0 Å². The molecule has 0 N–H and O–H groups in total. The van der Waals surface area contributed by atoms with Gasteiger partial charge in [-0.1, -0.05) is 11.6 Å². The molecule has 1 aliphatic heterocycles. The molecule has 2 aromatic rings. The van der Waals surface area contributed by atoms with Gasteiger partial charge in [0.15, 0.2) is 5.78 Å². The Labute approximate surface area is 130 Å². The minimum atomic E-state index is -0.0206. The molecular formula is C16H12BrClO2. The van der Waals surface area contributed by atoms with Crippen molar-refractivity contribution in [3.05, 3.63) is 62.6 Å². The molecule has 0 radical (unpaired) electrons. The largest absolute Gasteiger partial charge is 0.493 e. The van der Waals surface area contributed by atoms with Gasteiger partial charge in [-0.25, -0.2) is 0 Å². The summed E-state index contributed by atoms with van der Waals surface area (Å²) in [7, 11) is 0. The third-order valence-corrected chi connectivity index (χ3v) is 4.58. The van der Waals surface area contributed by atoms with Crippen molar-refractivity contribution in [2.75, 3.05) is 6.61 Å². The quantitative estimate of drug-likeness (QED) is 0.736. The molecule has 0 fully saturated rings. The monoisotopic (exact) mass is 350 g/mol. The van der Waals surface area contributed by atoms with Gasteiger partial charge >= 0.3 is 0 Å². The lowest BCUT2D eigenvalue weighted by atomic mass is 9.98. The lowest BCUT2D eigenvalue weighted by Crippen LogP contribution is -2.10. The fourth-order valence-electron chi connectivity index (χ4n) is 2.31. The normalized spacial score (nSPS) is 13.5. The molecule has 0 aliphatic carbocycles. The number of halogens is 2. The van der Waals surface area contributed by atoms with Gasteiger partial charge in [0, 0.05) is 15.6 Å². The minimum Gasteiger partial charge on any atom is -0.493 e. The summed E-state index contributed by atoms with van der Waals surface area (Å²) >= 11 is 9.37. The molecule has 2 nitrogen and oxygen atoms in total. The number of benzene rings is 2. The Morgan fingerprint density at radius 2 is 1.90 bits per heavy atom. The molecule has 0 aromatic heterocycles. The van der Waals surface area contributed by atoms with Crippen molar-refractivity contribution in [1.82, 2.24) is 0 Å². The van der Waals surface area contributed by atoms with Crippen LogP contribution in [0, 0.1) is 0 Å². The van der Waals surface area contributed by atoms with Crippen molar-refractivity contribution in [3.63, 3.8) is 0 Å². The van der Waals surface area contributed by atoms with Crippen LogP contribution in [-0.4, -0.2) is 12.4 Å². The molecule has 0 amide bonds. The molecule has 3 rings (SSSR count). The van der Waals surface area contributed by atoms with Gasteiger partial charge in [-0.05, 0) is 70.7 Å². The Morgan fingerprint density at radius 3 is 2.70 bits per heavy atom. The molecule has 4 heteroatoms. The summed E-state index contributed by atoms with van der Waals surface area (Å²) < 4.78 is 6.35. The predicted octanol–water partition coefficient (Wildman–Crippen LogP) is 4.66. The SMILES string of the molecule is O=C(c1ccc(Br)c(Cl)c1)c1ccc2c(c1)CCCO2.